The maximum atomic E-state index is 12.9. The van der Waals surface area contributed by atoms with Crippen LogP contribution in [0, 0.1) is 17.6 Å². The SMILES string of the molecule is O=C([O-])C(C(=O)[O-])C(=O)c1cc(F)c(F)cc1Br. The van der Waals surface area contributed by atoms with E-state index >= 15 is 0 Å². The van der Waals surface area contributed by atoms with Crippen LogP contribution in [-0.2, 0) is 9.59 Å². The topological polar surface area (TPSA) is 97.3 Å². The van der Waals surface area contributed by atoms with Crippen LogP contribution in [0.15, 0.2) is 16.6 Å². The van der Waals surface area contributed by atoms with Crippen molar-refractivity contribution in [1.29, 1.82) is 0 Å². The predicted molar refractivity (Wildman–Crippen MR) is 51.9 cm³/mol. The summed E-state index contributed by atoms with van der Waals surface area (Å²) in [7, 11) is 0. The van der Waals surface area contributed by atoms with E-state index in [0.29, 0.717) is 12.1 Å². The van der Waals surface area contributed by atoms with Crippen LogP contribution in [-0.4, -0.2) is 17.7 Å². The van der Waals surface area contributed by atoms with Crippen molar-refractivity contribution in [3.63, 3.8) is 0 Å². The highest BCUT2D eigenvalue weighted by Gasteiger charge is 2.25. The Morgan fingerprint density at radius 3 is 1.94 bits per heavy atom. The van der Waals surface area contributed by atoms with Crippen molar-refractivity contribution in [2.24, 2.45) is 5.92 Å². The van der Waals surface area contributed by atoms with Gasteiger partial charge < -0.3 is 19.8 Å². The van der Waals surface area contributed by atoms with Crippen molar-refractivity contribution in [2.45, 2.75) is 0 Å². The molecule has 0 saturated carbocycles. The van der Waals surface area contributed by atoms with E-state index in [2.05, 4.69) is 15.9 Å². The van der Waals surface area contributed by atoms with Gasteiger partial charge in [0.2, 0.25) is 0 Å². The average Bonchev–Trinajstić information content (AvgIpc) is 2.22. The Kier molecular flexibility index (Phi) is 4.12. The fourth-order valence-electron chi connectivity index (χ4n) is 1.18. The fraction of sp³-hybridized carbons (Fsp3) is 0.100. The van der Waals surface area contributed by atoms with Crippen LogP contribution in [0.1, 0.15) is 10.4 Å². The Balaban J connectivity index is 3.30. The summed E-state index contributed by atoms with van der Waals surface area (Å²) in [4.78, 5) is 32.5. The third-order valence-corrected chi connectivity index (χ3v) is 2.67. The maximum Gasteiger partial charge on any atom is 0.178 e. The lowest BCUT2D eigenvalue weighted by molar-refractivity contribution is -0.328. The van der Waals surface area contributed by atoms with E-state index in [9.17, 15) is 33.4 Å². The number of benzene rings is 1. The van der Waals surface area contributed by atoms with Crippen LogP contribution in [0.3, 0.4) is 0 Å². The van der Waals surface area contributed by atoms with Gasteiger partial charge in [-0.15, -0.1) is 0 Å². The molecule has 1 rings (SSSR count). The summed E-state index contributed by atoms with van der Waals surface area (Å²) in [5, 5.41) is 21.0. The van der Waals surface area contributed by atoms with E-state index in [-0.39, 0.29) is 4.47 Å². The maximum absolute atomic E-state index is 12.9. The first-order valence-corrected chi connectivity index (χ1v) is 5.15. The molecule has 0 fully saturated rings. The van der Waals surface area contributed by atoms with Crippen LogP contribution in [0.5, 0.6) is 0 Å². The Morgan fingerprint density at radius 2 is 1.50 bits per heavy atom. The second kappa shape index (κ2) is 5.21. The fourth-order valence-corrected chi connectivity index (χ4v) is 1.69. The minimum Gasteiger partial charge on any atom is -0.549 e. The Bertz CT molecular complexity index is 529. The number of carboxylic acid groups (broad SMARTS) is 2. The third kappa shape index (κ3) is 2.70. The van der Waals surface area contributed by atoms with Gasteiger partial charge in [0.05, 0.1) is 11.9 Å². The monoisotopic (exact) mass is 320 g/mol. The molecule has 0 bridgehead atoms. The normalized spacial score (nSPS) is 10.4. The summed E-state index contributed by atoms with van der Waals surface area (Å²) < 4.78 is 25.4. The van der Waals surface area contributed by atoms with E-state index < -0.39 is 40.8 Å². The molecule has 0 aromatic heterocycles. The summed E-state index contributed by atoms with van der Waals surface area (Å²) in [5.74, 6) is -11.2. The highest BCUT2D eigenvalue weighted by Crippen LogP contribution is 2.23. The van der Waals surface area contributed by atoms with Crippen molar-refractivity contribution in [3.05, 3.63) is 33.8 Å². The zero-order valence-electron chi connectivity index (χ0n) is 8.41. The number of ketones is 1. The van der Waals surface area contributed by atoms with Crippen molar-refractivity contribution >= 4 is 33.7 Å². The molecule has 1 aromatic rings. The summed E-state index contributed by atoms with van der Waals surface area (Å²) in [5.41, 5.74) is -0.632. The van der Waals surface area contributed by atoms with Crippen molar-refractivity contribution in [3.8, 4) is 0 Å². The first kappa shape index (κ1) is 14.2. The van der Waals surface area contributed by atoms with Crippen LogP contribution < -0.4 is 10.2 Å². The molecule has 5 nitrogen and oxygen atoms in total. The summed E-state index contributed by atoms with van der Waals surface area (Å²) in [6, 6.07) is 0.963. The second-order valence-corrected chi connectivity index (χ2v) is 4.04. The van der Waals surface area contributed by atoms with E-state index in [0.717, 1.165) is 0 Å². The predicted octanol–water partition coefficient (Wildman–Crippen LogP) is -0.974. The molecular weight excluding hydrogens is 318 g/mol. The number of rotatable bonds is 4. The van der Waals surface area contributed by atoms with Gasteiger partial charge in [0.25, 0.3) is 0 Å². The van der Waals surface area contributed by atoms with Crippen molar-refractivity contribution in [2.75, 3.05) is 0 Å². The largest absolute Gasteiger partial charge is 0.549 e. The zero-order valence-corrected chi connectivity index (χ0v) is 9.99. The average molecular weight is 321 g/mol. The lowest BCUT2D eigenvalue weighted by Gasteiger charge is -2.18. The van der Waals surface area contributed by atoms with E-state index in [1.807, 2.05) is 0 Å². The molecule has 18 heavy (non-hydrogen) atoms. The molecule has 1 aromatic carbocycles. The minimum absolute atomic E-state index is 0.279. The van der Waals surface area contributed by atoms with Gasteiger partial charge in [-0.25, -0.2) is 8.78 Å². The summed E-state index contributed by atoms with van der Waals surface area (Å²) in [6.45, 7) is 0. The van der Waals surface area contributed by atoms with Crippen LogP contribution in [0.4, 0.5) is 8.78 Å². The van der Waals surface area contributed by atoms with Gasteiger partial charge in [0.15, 0.2) is 17.4 Å². The molecule has 96 valence electrons. The van der Waals surface area contributed by atoms with Crippen LogP contribution in [0.25, 0.3) is 0 Å². The van der Waals surface area contributed by atoms with E-state index in [1.54, 1.807) is 0 Å². The molecule has 0 aliphatic carbocycles. The Labute approximate surface area is 107 Å². The van der Waals surface area contributed by atoms with Crippen molar-refractivity contribution < 1.29 is 33.4 Å². The number of hydrogen-bond donors (Lipinski definition) is 0. The van der Waals surface area contributed by atoms with E-state index in [1.165, 1.54) is 0 Å². The van der Waals surface area contributed by atoms with Crippen molar-refractivity contribution in [1.82, 2.24) is 0 Å². The second-order valence-electron chi connectivity index (χ2n) is 3.18. The highest BCUT2D eigenvalue weighted by atomic mass is 79.9. The molecule has 0 unspecified atom stereocenters. The smallest absolute Gasteiger partial charge is 0.178 e. The van der Waals surface area contributed by atoms with Gasteiger partial charge in [0, 0.05) is 10.0 Å². The number of carbonyl (C=O) groups excluding carboxylic acids is 3. The lowest BCUT2D eigenvalue weighted by Crippen LogP contribution is -2.47. The number of hydrogen-bond acceptors (Lipinski definition) is 5. The minimum atomic E-state index is -2.59. The Morgan fingerprint density at radius 1 is 1.06 bits per heavy atom. The molecule has 0 aliphatic heterocycles. The van der Waals surface area contributed by atoms with Gasteiger partial charge in [0.1, 0.15) is 5.92 Å². The van der Waals surface area contributed by atoms with Crippen LogP contribution >= 0.6 is 15.9 Å². The molecule has 0 aliphatic rings. The van der Waals surface area contributed by atoms with Gasteiger partial charge in [-0.05, 0) is 28.1 Å². The van der Waals surface area contributed by atoms with Gasteiger partial charge in [-0.3, -0.25) is 4.79 Å². The summed E-state index contributed by atoms with van der Waals surface area (Å²) >= 11 is 2.69. The lowest BCUT2D eigenvalue weighted by atomic mass is 9.98. The number of Topliss-reactive ketones (excluding diaryl/α,β-unsaturated/α-hetero) is 1. The molecule has 0 saturated heterocycles. The Hall–Kier alpha value is -1.83. The van der Waals surface area contributed by atoms with Gasteiger partial charge >= 0.3 is 0 Å². The molecule has 0 heterocycles. The molecule has 0 radical (unpaired) electrons. The number of carboxylic acids is 2. The number of carbonyl (C=O) groups is 3. The first-order valence-electron chi connectivity index (χ1n) is 4.36. The first-order chi connectivity index (χ1) is 8.25. The standard InChI is InChI=1S/C10H5BrF2O5/c11-4-2-6(13)5(12)1-3(4)8(14)7(9(15)16)10(17)18/h1-2,7H,(H,15,16)(H,17,18)/p-2. The highest BCUT2D eigenvalue weighted by molar-refractivity contribution is 9.10. The molecule has 8 heteroatoms. The number of aliphatic carboxylic acids is 2. The summed E-state index contributed by atoms with van der Waals surface area (Å²) in [6.07, 6.45) is 0. The van der Waals surface area contributed by atoms with Gasteiger partial charge in [-0.1, -0.05) is 0 Å². The molecule has 0 amide bonds. The van der Waals surface area contributed by atoms with Crippen LogP contribution in [0.2, 0.25) is 0 Å². The molecule has 0 spiro atoms. The molecular formula is C10H3BrF2O5-2. The number of halogens is 3. The quantitative estimate of drug-likeness (QED) is 0.404. The third-order valence-electron chi connectivity index (χ3n) is 2.01. The molecule has 0 atom stereocenters. The van der Waals surface area contributed by atoms with E-state index in [4.69, 9.17) is 0 Å². The zero-order chi connectivity index (χ0) is 14.0. The van der Waals surface area contributed by atoms with Gasteiger partial charge in [-0.2, -0.15) is 0 Å². The molecule has 0 N–H and O–H groups in total.